The SMILES string of the molecule is CN[C@]1(CC(=O)N(C)C=N)CCCc2ccc(-c3cccc(C#N)c3)cc21. The van der Waals surface area contributed by atoms with Gasteiger partial charge in [-0.1, -0.05) is 24.3 Å². The van der Waals surface area contributed by atoms with Gasteiger partial charge in [-0.2, -0.15) is 5.26 Å². The summed E-state index contributed by atoms with van der Waals surface area (Å²) in [5, 5.41) is 19.9. The number of carbonyl (C=O) groups excluding carboxylic acids is 1. The number of hydrogen-bond acceptors (Lipinski definition) is 4. The summed E-state index contributed by atoms with van der Waals surface area (Å²) in [4.78, 5) is 13.9. The molecule has 1 aliphatic carbocycles. The molecule has 0 unspecified atom stereocenters. The predicted molar refractivity (Wildman–Crippen MR) is 106 cm³/mol. The van der Waals surface area contributed by atoms with Gasteiger partial charge < -0.3 is 10.2 Å². The first-order valence-corrected chi connectivity index (χ1v) is 9.12. The fourth-order valence-corrected chi connectivity index (χ4v) is 3.89. The van der Waals surface area contributed by atoms with E-state index in [0.717, 1.165) is 42.3 Å². The highest BCUT2D eigenvalue weighted by Gasteiger charge is 2.38. The van der Waals surface area contributed by atoms with Crippen LogP contribution >= 0.6 is 0 Å². The maximum absolute atomic E-state index is 12.6. The van der Waals surface area contributed by atoms with Gasteiger partial charge in [0.2, 0.25) is 5.91 Å². The van der Waals surface area contributed by atoms with Crippen molar-refractivity contribution in [1.29, 1.82) is 10.7 Å². The Labute approximate surface area is 160 Å². The molecule has 138 valence electrons. The van der Waals surface area contributed by atoms with E-state index in [4.69, 9.17) is 5.41 Å². The van der Waals surface area contributed by atoms with Crippen LogP contribution in [0.25, 0.3) is 11.1 Å². The van der Waals surface area contributed by atoms with Crippen molar-refractivity contribution in [2.75, 3.05) is 14.1 Å². The fraction of sp³-hybridized carbons (Fsp3) is 0.318. The van der Waals surface area contributed by atoms with Gasteiger partial charge in [-0.05, 0) is 66.8 Å². The van der Waals surface area contributed by atoms with Crippen LogP contribution in [0.2, 0.25) is 0 Å². The zero-order chi connectivity index (χ0) is 19.4. The monoisotopic (exact) mass is 360 g/mol. The Morgan fingerprint density at radius 1 is 1.33 bits per heavy atom. The number of hydrogen-bond donors (Lipinski definition) is 2. The number of carbonyl (C=O) groups is 1. The summed E-state index contributed by atoms with van der Waals surface area (Å²) in [7, 11) is 3.52. The zero-order valence-electron chi connectivity index (χ0n) is 15.7. The summed E-state index contributed by atoms with van der Waals surface area (Å²) in [5.74, 6) is -0.0796. The number of amides is 1. The van der Waals surface area contributed by atoms with Crippen LogP contribution in [0.4, 0.5) is 0 Å². The van der Waals surface area contributed by atoms with Crippen molar-refractivity contribution in [1.82, 2.24) is 10.2 Å². The number of nitrogens with zero attached hydrogens (tertiary/aromatic N) is 2. The second kappa shape index (κ2) is 7.73. The molecular formula is C22H24N4O. The van der Waals surface area contributed by atoms with Crippen LogP contribution in [0.15, 0.2) is 42.5 Å². The van der Waals surface area contributed by atoms with Crippen LogP contribution in [0.5, 0.6) is 0 Å². The van der Waals surface area contributed by atoms with E-state index in [9.17, 15) is 10.1 Å². The van der Waals surface area contributed by atoms with Gasteiger partial charge in [0.05, 0.1) is 23.5 Å². The lowest BCUT2D eigenvalue weighted by molar-refractivity contribution is -0.128. The molecule has 0 saturated carbocycles. The Bertz CT molecular complexity index is 915. The molecule has 2 aromatic rings. The highest BCUT2D eigenvalue weighted by Crippen LogP contribution is 2.40. The molecule has 0 heterocycles. The summed E-state index contributed by atoms with van der Waals surface area (Å²) >= 11 is 0. The van der Waals surface area contributed by atoms with Crippen LogP contribution < -0.4 is 5.32 Å². The highest BCUT2D eigenvalue weighted by atomic mass is 16.2. The summed E-state index contributed by atoms with van der Waals surface area (Å²) in [6.45, 7) is 0. The normalized spacial score (nSPS) is 18.3. The summed E-state index contributed by atoms with van der Waals surface area (Å²) < 4.78 is 0. The molecule has 0 saturated heterocycles. The quantitative estimate of drug-likeness (QED) is 0.633. The van der Waals surface area contributed by atoms with Crippen molar-refractivity contribution >= 4 is 12.2 Å². The minimum absolute atomic E-state index is 0.0796. The van der Waals surface area contributed by atoms with E-state index < -0.39 is 5.54 Å². The molecule has 27 heavy (non-hydrogen) atoms. The van der Waals surface area contributed by atoms with Gasteiger partial charge in [0, 0.05) is 13.5 Å². The van der Waals surface area contributed by atoms with E-state index in [-0.39, 0.29) is 5.91 Å². The topological polar surface area (TPSA) is 80.0 Å². The molecule has 2 N–H and O–H groups in total. The van der Waals surface area contributed by atoms with Crippen molar-refractivity contribution < 1.29 is 4.79 Å². The smallest absolute Gasteiger partial charge is 0.229 e. The van der Waals surface area contributed by atoms with Crippen LogP contribution in [-0.2, 0) is 16.8 Å². The third-order valence-corrected chi connectivity index (χ3v) is 5.52. The summed E-state index contributed by atoms with van der Waals surface area (Å²) in [6, 6.07) is 16.1. The molecule has 5 heteroatoms. The van der Waals surface area contributed by atoms with Gasteiger partial charge in [-0.3, -0.25) is 10.2 Å². The Morgan fingerprint density at radius 3 is 2.81 bits per heavy atom. The van der Waals surface area contributed by atoms with E-state index in [1.165, 1.54) is 10.5 Å². The van der Waals surface area contributed by atoms with Crippen LogP contribution in [0.1, 0.15) is 36.0 Å². The van der Waals surface area contributed by atoms with E-state index in [1.54, 1.807) is 13.1 Å². The van der Waals surface area contributed by atoms with Gasteiger partial charge >= 0.3 is 0 Å². The molecule has 0 bridgehead atoms. The van der Waals surface area contributed by atoms with E-state index >= 15 is 0 Å². The predicted octanol–water partition coefficient (Wildman–Crippen LogP) is 3.43. The Balaban J connectivity index is 2.06. The number of rotatable bonds is 5. The van der Waals surface area contributed by atoms with Crippen molar-refractivity contribution in [2.24, 2.45) is 0 Å². The summed E-state index contributed by atoms with van der Waals surface area (Å²) in [5.41, 5.74) is 4.62. The molecule has 0 aromatic heterocycles. The van der Waals surface area contributed by atoms with Gasteiger partial charge in [0.15, 0.2) is 0 Å². The fourth-order valence-electron chi connectivity index (χ4n) is 3.89. The lowest BCUT2D eigenvalue weighted by Gasteiger charge is -2.39. The molecular weight excluding hydrogens is 336 g/mol. The molecule has 0 radical (unpaired) electrons. The van der Waals surface area contributed by atoms with Crippen molar-refractivity contribution in [2.45, 2.75) is 31.2 Å². The van der Waals surface area contributed by atoms with E-state index in [2.05, 4.69) is 29.6 Å². The van der Waals surface area contributed by atoms with Gasteiger partial charge in [-0.15, -0.1) is 0 Å². The van der Waals surface area contributed by atoms with E-state index in [0.29, 0.717) is 12.0 Å². The van der Waals surface area contributed by atoms with Crippen LogP contribution in [0.3, 0.4) is 0 Å². The molecule has 5 nitrogen and oxygen atoms in total. The minimum atomic E-state index is -0.440. The highest BCUT2D eigenvalue weighted by molar-refractivity contribution is 5.87. The number of benzene rings is 2. The van der Waals surface area contributed by atoms with Crippen LogP contribution in [-0.4, -0.2) is 31.2 Å². The average Bonchev–Trinajstić information content (AvgIpc) is 2.72. The molecule has 3 rings (SSSR count). The third-order valence-electron chi connectivity index (χ3n) is 5.52. The lowest BCUT2D eigenvalue weighted by Crippen LogP contribution is -2.46. The molecule has 0 aliphatic heterocycles. The first-order valence-electron chi connectivity index (χ1n) is 9.12. The second-order valence-corrected chi connectivity index (χ2v) is 7.06. The third kappa shape index (κ3) is 3.62. The molecule has 2 aromatic carbocycles. The van der Waals surface area contributed by atoms with Crippen molar-refractivity contribution in [3.8, 4) is 17.2 Å². The van der Waals surface area contributed by atoms with Crippen LogP contribution in [0, 0.1) is 16.7 Å². The van der Waals surface area contributed by atoms with Gasteiger partial charge in [0.25, 0.3) is 0 Å². The van der Waals surface area contributed by atoms with Crippen molar-refractivity contribution in [3.63, 3.8) is 0 Å². The van der Waals surface area contributed by atoms with Crippen molar-refractivity contribution in [3.05, 3.63) is 59.2 Å². The minimum Gasteiger partial charge on any atom is -0.310 e. The summed E-state index contributed by atoms with van der Waals surface area (Å²) in [6.07, 6.45) is 4.24. The Hall–Kier alpha value is -2.97. The molecule has 1 atom stereocenters. The molecule has 1 amide bonds. The number of aryl methyl sites for hydroxylation is 1. The number of nitrogens with one attached hydrogen (secondary N) is 2. The van der Waals surface area contributed by atoms with E-state index in [1.807, 2.05) is 25.2 Å². The number of nitriles is 1. The maximum Gasteiger partial charge on any atom is 0.229 e. The maximum atomic E-state index is 12.6. The Kier molecular flexibility index (Phi) is 5.38. The van der Waals surface area contributed by atoms with Gasteiger partial charge in [0.1, 0.15) is 0 Å². The zero-order valence-corrected chi connectivity index (χ0v) is 15.7. The second-order valence-electron chi connectivity index (χ2n) is 7.06. The number of fused-ring (bicyclic) bond motifs is 1. The Morgan fingerprint density at radius 2 is 2.11 bits per heavy atom. The first-order chi connectivity index (χ1) is 13.0. The van der Waals surface area contributed by atoms with Gasteiger partial charge in [-0.25, -0.2) is 0 Å². The largest absolute Gasteiger partial charge is 0.310 e. The molecule has 0 spiro atoms. The molecule has 1 aliphatic rings. The average molecular weight is 360 g/mol. The first kappa shape index (κ1) is 18.8. The standard InChI is InChI=1S/C22H24N4O/c1-25-22(13-21(27)26(2)15-24)10-4-7-17-8-9-19(12-20(17)22)18-6-3-5-16(11-18)14-23/h3,5-6,8-9,11-12,15,24-25H,4,7,10,13H2,1-2H3/t22-/m0/s1. The molecule has 0 fully saturated rings. The lowest BCUT2D eigenvalue weighted by atomic mass is 9.73.